The van der Waals surface area contributed by atoms with Crippen molar-refractivity contribution in [3.63, 3.8) is 0 Å². The number of furan rings is 1. The number of nitrogens with zero attached hydrogens (tertiary/aromatic N) is 4. The molecule has 166 valence electrons. The number of carbonyl (C=O) groups is 1. The molecular weight excluding hydrogens is 424 g/mol. The number of hydrazone groups is 1. The number of benzene rings is 1. The lowest BCUT2D eigenvalue weighted by atomic mass is 9.89. The van der Waals surface area contributed by atoms with E-state index in [1.807, 2.05) is 24.3 Å². The van der Waals surface area contributed by atoms with Crippen LogP contribution in [0.4, 0.5) is 0 Å². The Bertz CT molecular complexity index is 1080. The average molecular weight is 451 g/mol. The molecule has 2 aromatic heterocycles. The molecule has 0 bridgehead atoms. The Morgan fingerprint density at radius 2 is 1.94 bits per heavy atom. The van der Waals surface area contributed by atoms with Gasteiger partial charge in [-0.3, -0.25) is 4.79 Å². The second-order valence-electron chi connectivity index (χ2n) is 8.42. The fourth-order valence-corrected chi connectivity index (χ4v) is 4.97. The van der Waals surface area contributed by atoms with Crippen LogP contribution >= 0.6 is 11.8 Å². The first-order valence-electron chi connectivity index (χ1n) is 11.1. The average Bonchev–Trinajstić information content (AvgIpc) is 3.59. The van der Waals surface area contributed by atoms with Crippen molar-refractivity contribution in [3.8, 4) is 0 Å². The van der Waals surface area contributed by atoms with Crippen LogP contribution in [0.2, 0.25) is 0 Å². The van der Waals surface area contributed by atoms with Crippen molar-refractivity contribution in [3.05, 3.63) is 65.4 Å². The number of aromatic nitrogens is 2. The van der Waals surface area contributed by atoms with Gasteiger partial charge in [-0.25, -0.2) is 5.01 Å². The third-order valence-electron chi connectivity index (χ3n) is 6.12. The van der Waals surface area contributed by atoms with E-state index in [1.54, 1.807) is 11.3 Å². The van der Waals surface area contributed by atoms with Crippen molar-refractivity contribution >= 4 is 23.4 Å². The molecule has 1 saturated carbocycles. The SMILES string of the molecule is Cc1ccc(C2=NN(C(=O)CSc3nnc(C4CCCCC4)o3)[C@H](c3ccco3)C2)cc1. The minimum absolute atomic E-state index is 0.115. The highest BCUT2D eigenvalue weighted by molar-refractivity contribution is 7.99. The second kappa shape index (κ2) is 9.32. The van der Waals surface area contributed by atoms with Crippen LogP contribution in [0.25, 0.3) is 0 Å². The molecule has 0 N–H and O–H groups in total. The van der Waals surface area contributed by atoms with Crippen molar-refractivity contribution < 1.29 is 13.6 Å². The predicted molar refractivity (Wildman–Crippen MR) is 121 cm³/mol. The van der Waals surface area contributed by atoms with E-state index in [1.165, 1.54) is 36.6 Å². The Kier molecular flexibility index (Phi) is 6.12. The van der Waals surface area contributed by atoms with E-state index in [4.69, 9.17) is 8.83 Å². The van der Waals surface area contributed by atoms with Crippen LogP contribution in [0.3, 0.4) is 0 Å². The summed E-state index contributed by atoms with van der Waals surface area (Å²) in [5.74, 6) is 1.84. The number of amides is 1. The summed E-state index contributed by atoms with van der Waals surface area (Å²) in [6.45, 7) is 2.05. The lowest BCUT2D eigenvalue weighted by Crippen LogP contribution is -2.28. The standard InChI is InChI=1S/C24H26N4O3S/c1-16-9-11-17(12-10-16)19-14-20(21-8-5-13-30-21)28(27-19)22(29)15-32-24-26-25-23(31-24)18-6-3-2-4-7-18/h5,8-13,18,20H,2-4,6-7,14-15H2,1H3/t20-/m0/s1. The van der Waals surface area contributed by atoms with Gasteiger partial charge in [0.15, 0.2) is 0 Å². The van der Waals surface area contributed by atoms with Gasteiger partial charge in [-0.1, -0.05) is 60.9 Å². The molecule has 0 unspecified atom stereocenters. The van der Waals surface area contributed by atoms with Gasteiger partial charge >= 0.3 is 0 Å². The van der Waals surface area contributed by atoms with Crippen LogP contribution in [0.1, 0.15) is 73.3 Å². The molecule has 3 aromatic rings. The van der Waals surface area contributed by atoms with Gasteiger partial charge in [-0.05, 0) is 37.5 Å². The fourth-order valence-electron chi connectivity index (χ4n) is 4.35. The van der Waals surface area contributed by atoms with Crippen molar-refractivity contribution in [1.82, 2.24) is 15.2 Å². The van der Waals surface area contributed by atoms with Gasteiger partial charge in [-0.2, -0.15) is 5.10 Å². The van der Waals surface area contributed by atoms with Gasteiger partial charge in [0, 0.05) is 12.3 Å². The van der Waals surface area contributed by atoms with Crippen LogP contribution in [-0.2, 0) is 4.79 Å². The molecule has 1 aromatic carbocycles. The van der Waals surface area contributed by atoms with E-state index in [2.05, 4.69) is 34.4 Å². The molecule has 32 heavy (non-hydrogen) atoms. The van der Waals surface area contributed by atoms with Gasteiger partial charge in [0.1, 0.15) is 11.8 Å². The maximum Gasteiger partial charge on any atom is 0.277 e. The molecule has 1 fully saturated rings. The monoisotopic (exact) mass is 450 g/mol. The number of aryl methyl sites for hydroxylation is 1. The van der Waals surface area contributed by atoms with Crippen molar-refractivity contribution in [2.75, 3.05) is 5.75 Å². The molecule has 0 saturated heterocycles. The van der Waals surface area contributed by atoms with Gasteiger partial charge in [0.25, 0.3) is 11.1 Å². The first kappa shape index (κ1) is 21.0. The Balaban J connectivity index is 1.29. The first-order chi connectivity index (χ1) is 15.7. The maximum absolute atomic E-state index is 13.1. The number of thioether (sulfide) groups is 1. The normalized spacial score (nSPS) is 19.3. The molecule has 1 aliphatic heterocycles. The second-order valence-corrected chi connectivity index (χ2v) is 9.34. The van der Waals surface area contributed by atoms with Crippen molar-refractivity contribution in [1.29, 1.82) is 0 Å². The highest BCUT2D eigenvalue weighted by Crippen LogP contribution is 2.35. The van der Waals surface area contributed by atoms with E-state index >= 15 is 0 Å². The van der Waals surface area contributed by atoms with Gasteiger partial charge < -0.3 is 8.83 Å². The van der Waals surface area contributed by atoms with E-state index < -0.39 is 0 Å². The third-order valence-corrected chi connectivity index (χ3v) is 6.92. The molecule has 0 spiro atoms. The zero-order chi connectivity index (χ0) is 21.9. The molecule has 0 radical (unpaired) electrons. The highest BCUT2D eigenvalue weighted by atomic mass is 32.2. The van der Waals surface area contributed by atoms with Crippen LogP contribution in [0, 0.1) is 6.92 Å². The van der Waals surface area contributed by atoms with Gasteiger partial charge in [0.05, 0.1) is 17.7 Å². The zero-order valence-corrected chi connectivity index (χ0v) is 18.9. The molecule has 3 heterocycles. The Labute approximate surface area is 191 Å². The van der Waals surface area contributed by atoms with Crippen molar-refractivity contribution in [2.45, 2.75) is 62.6 Å². The first-order valence-corrected chi connectivity index (χ1v) is 12.1. The molecule has 1 atom stereocenters. The fraction of sp³-hybridized carbons (Fsp3) is 0.417. The number of hydrogen-bond donors (Lipinski definition) is 0. The lowest BCUT2D eigenvalue weighted by molar-refractivity contribution is -0.130. The largest absolute Gasteiger partial charge is 0.467 e. The quantitative estimate of drug-likeness (QED) is 0.462. The smallest absolute Gasteiger partial charge is 0.277 e. The summed E-state index contributed by atoms with van der Waals surface area (Å²) >= 11 is 1.27. The summed E-state index contributed by atoms with van der Waals surface area (Å²) in [5, 5.41) is 15.0. The molecule has 7 nitrogen and oxygen atoms in total. The summed E-state index contributed by atoms with van der Waals surface area (Å²) in [6, 6.07) is 11.7. The van der Waals surface area contributed by atoms with Crippen LogP contribution in [-0.4, -0.2) is 32.6 Å². The molecule has 1 aliphatic carbocycles. The van der Waals surface area contributed by atoms with E-state index in [0.29, 0.717) is 23.5 Å². The summed E-state index contributed by atoms with van der Waals surface area (Å²) in [4.78, 5) is 13.1. The zero-order valence-electron chi connectivity index (χ0n) is 18.1. The molecular formula is C24H26N4O3S. The van der Waals surface area contributed by atoms with Crippen LogP contribution in [0.15, 0.2) is 61.8 Å². The van der Waals surface area contributed by atoms with Crippen molar-refractivity contribution in [2.24, 2.45) is 5.10 Å². The predicted octanol–water partition coefficient (Wildman–Crippen LogP) is 5.49. The van der Waals surface area contributed by atoms with E-state index in [0.717, 1.165) is 29.9 Å². The minimum Gasteiger partial charge on any atom is -0.467 e. The number of carbonyl (C=O) groups excluding carboxylic acids is 1. The summed E-state index contributed by atoms with van der Waals surface area (Å²) < 4.78 is 11.5. The Hall–Kier alpha value is -2.87. The number of rotatable bonds is 6. The van der Waals surface area contributed by atoms with Gasteiger partial charge in [0.2, 0.25) is 5.89 Å². The van der Waals surface area contributed by atoms with E-state index in [9.17, 15) is 4.79 Å². The minimum atomic E-state index is -0.255. The third kappa shape index (κ3) is 4.50. The van der Waals surface area contributed by atoms with E-state index in [-0.39, 0.29) is 17.7 Å². The summed E-state index contributed by atoms with van der Waals surface area (Å²) in [6.07, 6.45) is 8.12. The maximum atomic E-state index is 13.1. The Morgan fingerprint density at radius 1 is 1.12 bits per heavy atom. The lowest BCUT2D eigenvalue weighted by Gasteiger charge is -2.19. The summed E-state index contributed by atoms with van der Waals surface area (Å²) in [5.41, 5.74) is 3.08. The number of hydrogen-bond acceptors (Lipinski definition) is 7. The topological polar surface area (TPSA) is 84.7 Å². The van der Waals surface area contributed by atoms with Crippen LogP contribution in [0.5, 0.6) is 0 Å². The highest BCUT2D eigenvalue weighted by Gasteiger charge is 2.35. The molecule has 2 aliphatic rings. The molecule has 5 rings (SSSR count). The summed E-state index contributed by atoms with van der Waals surface area (Å²) in [7, 11) is 0. The molecule has 1 amide bonds. The Morgan fingerprint density at radius 3 is 2.69 bits per heavy atom. The molecule has 8 heteroatoms. The van der Waals surface area contributed by atoms with Crippen LogP contribution < -0.4 is 0 Å². The van der Waals surface area contributed by atoms with Gasteiger partial charge in [-0.15, -0.1) is 10.2 Å².